The molecule has 0 aliphatic heterocycles. The quantitative estimate of drug-likeness (QED) is 0.738. The van der Waals surface area contributed by atoms with E-state index in [1.807, 2.05) is 6.07 Å². The zero-order chi connectivity index (χ0) is 13.7. The second-order valence-electron chi connectivity index (χ2n) is 5.20. The molecule has 2 rings (SSSR count). The lowest BCUT2D eigenvalue weighted by Crippen LogP contribution is -2.28. The number of nitrogens with one attached hydrogen (secondary N) is 1. The third kappa shape index (κ3) is 4.08. The predicted molar refractivity (Wildman–Crippen MR) is 81.9 cm³/mol. The fourth-order valence-corrected chi connectivity index (χ4v) is 2.42. The first-order chi connectivity index (χ1) is 9.26. The maximum absolute atomic E-state index is 6.23. The molecule has 0 amide bonds. The molecule has 1 aromatic rings. The molecule has 19 heavy (non-hydrogen) atoms. The SMILES string of the molecule is CCCNCc1nc(N(CCC)C2CC2)ccc1Cl. The number of hydrogen-bond acceptors (Lipinski definition) is 3. The molecule has 1 N–H and O–H groups in total. The number of nitrogens with zero attached hydrogens (tertiary/aromatic N) is 2. The van der Waals surface area contributed by atoms with Crippen LogP contribution in [0.5, 0.6) is 0 Å². The number of rotatable bonds is 8. The Morgan fingerprint density at radius 3 is 2.74 bits per heavy atom. The number of aromatic nitrogens is 1. The van der Waals surface area contributed by atoms with Gasteiger partial charge in [0.05, 0.1) is 10.7 Å². The van der Waals surface area contributed by atoms with Crippen molar-refractivity contribution in [2.24, 2.45) is 0 Å². The van der Waals surface area contributed by atoms with Crippen LogP contribution < -0.4 is 10.2 Å². The van der Waals surface area contributed by atoms with Gasteiger partial charge >= 0.3 is 0 Å². The van der Waals surface area contributed by atoms with Crippen molar-refractivity contribution >= 4 is 17.4 Å². The average molecular weight is 282 g/mol. The second kappa shape index (κ2) is 7.11. The molecule has 0 atom stereocenters. The monoisotopic (exact) mass is 281 g/mol. The maximum atomic E-state index is 6.23. The molecule has 3 nitrogen and oxygen atoms in total. The van der Waals surface area contributed by atoms with Gasteiger partial charge in [0.25, 0.3) is 0 Å². The third-order valence-electron chi connectivity index (χ3n) is 3.37. The van der Waals surface area contributed by atoms with E-state index in [2.05, 4.69) is 30.1 Å². The van der Waals surface area contributed by atoms with Gasteiger partial charge in [0.2, 0.25) is 0 Å². The highest BCUT2D eigenvalue weighted by Crippen LogP contribution is 2.31. The molecule has 106 valence electrons. The first kappa shape index (κ1) is 14.6. The lowest BCUT2D eigenvalue weighted by Gasteiger charge is -2.23. The van der Waals surface area contributed by atoms with Crippen molar-refractivity contribution in [2.45, 2.75) is 52.1 Å². The van der Waals surface area contributed by atoms with Crippen LogP contribution in [0.3, 0.4) is 0 Å². The minimum atomic E-state index is 0.699. The van der Waals surface area contributed by atoms with E-state index < -0.39 is 0 Å². The minimum absolute atomic E-state index is 0.699. The number of hydrogen-bond donors (Lipinski definition) is 1. The summed E-state index contributed by atoms with van der Waals surface area (Å²) in [5.74, 6) is 1.09. The Morgan fingerprint density at radius 2 is 2.11 bits per heavy atom. The van der Waals surface area contributed by atoms with Crippen LogP contribution in [0.4, 0.5) is 5.82 Å². The van der Waals surface area contributed by atoms with Crippen molar-refractivity contribution in [1.82, 2.24) is 10.3 Å². The molecule has 1 aliphatic rings. The third-order valence-corrected chi connectivity index (χ3v) is 3.71. The number of anilines is 1. The summed E-state index contributed by atoms with van der Waals surface area (Å²) in [7, 11) is 0. The fourth-order valence-electron chi connectivity index (χ4n) is 2.25. The zero-order valence-corrected chi connectivity index (χ0v) is 12.7. The minimum Gasteiger partial charge on any atom is -0.354 e. The molecule has 0 bridgehead atoms. The highest BCUT2D eigenvalue weighted by molar-refractivity contribution is 6.31. The lowest BCUT2D eigenvalue weighted by molar-refractivity contribution is 0.661. The summed E-state index contributed by atoms with van der Waals surface area (Å²) in [4.78, 5) is 7.19. The predicted octanol–water partition coefficient (Wildman–Crippen LogP) is 3.61. The molecular formula is C15H24ClN3. The summed E-state index contributed by atoms with van der Waals surface area (Å²) in [6.07, 6.45) is 4.88. The normalized spacial score (nSPS) is 14.7. The second-order valence-corrected chi connectivity index (χ2v) is 5.61. The summed E-state index contributed by atoms with van der Waals surface area (Å²) in [5, 5.41) is 4.13. The van der Waals surface area contributed by atoms with E-state index in [1.54, 1.807) is 0 Å². The van der Waals surface area contributed by atoms with Crippen molar-refractivity contribution in [3.05, 3.63) is 22.8 Å². The lowest BCUT2D eigenvalue weighted by atomic mass is 10.3. The summed E-state index contributed by atoms with van der Waals surface area (Å²) in [6.45, 7) is 7.22. The van der Waals surface area contributed by atoms with E-state index in [1.165, 1.54) is 12.8 Å². The number of halogens is 1. The molecule has 1 aromatic heterocycles. The Kier molecular flexibility index (Phi) is 5.46. The summed E-state index contributed by atoms with van der Waals surface area (Å²) < 4.78 is 0. The average Bonchev–Trinajstić information content (AvgIpc) is 3.23. The van der Waals surface area contributed by atoms with Gasteiger partial charge in [0.1, 0.15) is 5.82 Å². The van der Waals surface area contributed by atoms with Crippen LogP contribution in [-0.2, 0) is 6.54 Å². The topological polar surface area (TPSA) is 28.2 Å². The van der Waals surface area contributed by atoms with E-state index in [0.29, 0.717) is 6.04 Å². The van der Waals surface area contributed by atoms with E-state index in [0.717, 1.165) is 49.0 Å². The largest absolute Gasteiger partial charge is 0.354 e. The van der Waals surface area contributed by atoms with Crippen LogP contribution in [0.2, 0.25) is 5.02 Å². The van der Waals surface area contributed by atoms with Crippen LogP contribution in [-0.4, -0.2) is 24.1 Å². The van der Waals surface area contributed by atoms with Crippen LogP contribution in [0.25, 0.3) is 0 Å². The van der Waals surface area contributed by atoms with Crippen LogP contribution in [0, 0.1) is 0 Å². The van der Waals surface area contributed by atoms with Gasteiger partial charge in [0, 0.05) is 19.1 Å². The van der Waals surface area contributed by atoms with Crippen LogP contribution in [0.15, 0.2) is 12.1 Å². The van der Waals surface area contributed by atoms with Gasteiger partial charge in [0.15, 0.2) is 0 Å². The summed E-state index contributed by atoms with van der Waals surface area (Å²) in [5.41, 5.74) is 0.967. The van der Waals surface area contributed by atoms with Crippen molar-refractivity contribution in [2.75, 3.05) is 18.0 Å². The highest BCUT2D eigenvalue weighted by atomic mass is 35.5. The van der Waals surface area contributed by atoms with Gasteiger partial charge in [-0.2, -0.15) is 0 Å². The van der Waals surface area contributed by atoms with Gasteiger partial charge < -0.3 is 10.2 Å². The standard InChI is InChI=1S/C15H24ClN3/c1-3-9-17-11-14-13(16)7-8-15(18-14)19(10-4-2)12-5-6-12/h7-8,12,17H,3-6,9-11H2,1-2H3. The molecule has 0 aromatic carbocycles. The molecule has 0 saturated heterocycles. The van der Waals surface area contributed by atoms with Crippen molar-refractivity contribution < 1.29 is 0 Å². The summed E-state index contributed by atoms with van der Waals surface area (Å²) >= 11 is 6.23. The van der Waals surface area contributed by atoms with E-state index >= 15 is 0 Å². The van der Waals surface area contributed by atoms with E-state index in [-0.39, 0.29) is 0 Å². The fraction of sp³-hybridized carbons (Fsp3) is 0.667. The molecule has 0 unspecified atom stereocenters. The Hall–Kier alpha value is -0.800. The van der Waals surface area contributed by atoms with Gasteiger partial charge in [-0.25, -0.2) is 4.98 Å². The molecule has 1 fully saturated rings. The van der Waals surface area contributed by atoms with Crippen molar-refractivity contribution in [1.29, 1.82) is 0 Å². The highest BCUT2D eigenvalue weighted by Gasteiger charge is 2.29. The molecule has 4 heteroatoms. The molecular weight excluding hydrogens is 258 g/mol. The molecule has 1 aliphatic carbocycles. The summed E-state index contributed by atoms with van der Waals surface area (Å²) in [6, 6.07) is 4.74. The maximum Gasteiger partial charge on any atom is 0.129 e. The number of pyridine rings is 1. The first-order valence-electron chi connectivity index (χ1n) is 7.39. The van der Waals surface area contributed by atoms with Gasteiger partial charge in [-0.3, -0.25) is 0 Å². The first-order valence-corrected chi connectivity index (χ1v) is 7.76. The van der Waals surface area contributed by atoms with Gasteiger partial charge in [-0.15, -0.1) is 0 Å². The van der Waals surface area contributed by atoms with Crippen molar-refractivity contribution in [3.8, 4) is 0 Å². The molecule has 1 saturated carbocycles. The molecule has 0 spiro atoms. The van der Waals surface area contributed by atoms with Gasteiger partial charge in [-0.05, 0) is 44.4 Å². The smallest absolute Gasteiger partial charge is 0.129 e. The van der Waals surface area contributed by atoms with E-state index in [4.69, 9.17) is 16.6 Å². The van der Waals surface area contributed by atoms with Crippen molar-refractivity contribution in [3.63, 3.8) is 0 Å². The molecule has 0 radical (unpaired) electrons. The van der Waals surface area contributed by atoms with Gasteiger partial charge in [-0.1, -0.05) is 25.4 Å². The van der Waals surface area contributed by atoms with Crippen LogP contribution >= 0.6 is 11.6 Å². The Morgan fingerprint density at radius 1 is 1.32 bits per heavy atom. The van der Waals surface area contributed by atoms with Crippen LogP contribution in [0.1, 0.15) is 45.2 Å². The van der Waals surface area contributed by atoms with E-state index in [9.17, 15) is 0 Å². The molecule has 1 heterocycles. The zero-order valence-electron chi connectivity index (χ0n) is 12.0. The Bertz CT molecular complexity index is 404. The Balaban J connectivity index is 2.09. The Labute approximate surface area is 121 Å².